The third-order valence-corrected chi connectivity index (χ3v) is 5.61. The molecule has 8 nitrogen and oxygen atoms in total. The minimum absolute atomic E-state index is 0.216. The Labute approximate surface area is 196 Å². The smallest absolute Gasteiger partial charge is 0.366 e. The van der Waals surface area contributed by atoms with Crippen molar-refractivity contribution >= 4 is 28.6 Å². The van der Waals surface area contributed by atoms with Crippen molar-refractivity contribution in [3.63, 3.8) is 0 Å². The first-order valence-electron chi connectivity index (χ1n) is 10.4. The van der Waals surface area contributed by atoms with Gasteiger partial charge in [-0.1, -0.05) is 18.2 Å². The number of nitrogens with zero attached hydrogens (tertiary/aromatic N) is 4. The molecule has 35 heavy (non-hydrogen) atoms. The molecule has 0 saturated heterocycles. The summed E-state index contributed by atoms with van der Waals surface area (Å²) in [6, 6.07) is 10.1. The molecular formula is C24H18F3N7O. The van der Waals surface area contributed by atoms with E-state index in [1.807, 2.05) is 13.0 Å². The van der Waals surface area contributed by atoms with E-state index in [4.69, 9.17) is 5.73 Å². The number of halogens is 3. The second-order valence-corrected chi connectivity index (χ2v) is 7.84. The Morgan fingerprint density at radius 1 is 1.09 bits per heavy atom. The normalized spacial score (nSPS) is 11.7. The van der Waals surface area contributed by atoms with E-state index in [1.165, 1.54) is 12.4 Å². The molecule has 0 fully saturated rings. The molecule has 0 unspecified atom stereocenters. The highest BCUT2D eigenvalue weighted by Crippen LogP contribution is 2.35. The minimum atomic E-state index is -4.59. The quantitative estimate of drug-likeness (QED) is 0.330. The molecule has 0 radical (unpaired) electrons. The Bertz CT molecular complexity index is 1570. The number of rotatable bonds is 5. The first-order valence-corrected chi connectivity index (χ1v) is 10.4. The lowest BCUT2D eigenvalue weighted by Crippen LogP contribution is -2.15. The van der Waals surface area contributed by atoms with Crippen molar-refractivity contribution < 1.29 is 18.0 Å². The lowest BCUT2D eigenvalue weighted by atomic mass is 9.95. The lowest BCUT2D eigenvalue weighted by molar-refractivity contribution is -0.137. The highest BCUT2D eigenvalue weighted by Gasteiger charge is 2.31. The predicted octanol–water partition coefficient (Wildman–Crippen LogP) is 4.98. The summed E-state index contributed by atoms with van der Waals surface area (Å²) in [5, 5.41) is 4.06. The van der Waals surface area contributed by atoms with E-state index in [2.05, 4.69) is 25.3 Å². The van der Waals surface area contributed by atoms with Gasteiger partial charge in [0.15, 0.2) is 5.82 Å². The molecule has 2 aromatic carbocycles. The Hall–Kier alpha value is -4.67. The molecule has 3 aromatic heterocycles. The zero-order valence-corrected chi connectivity index (χ0v) is 18.3. The molecule has 0 aliphatic heterocycles. The molecule has 0 bridgehead atoms. The van der Waals surface area contributed by atoms with Crippen LogP contribution in [0.15, 0.2) is 67.4 Å². The van der Waals surface area contributed by atoms with Crippen LogP contribution in [0, 0.1) is 6.92 Å². The maximum atomic E-state index is 13.2. The number of aromatic nitrogens is 5. The molecule has 5 rings (SSSR count). The number of primary amides is 1. The molecular weight excluding hydrogens is 459 g/mol. The number of aryl methyl sites for hydroxylation is 1. The number of hydrogen-bond acceptors (Lipinski definition) is 5. The third-order valence-electron chi connectivity index (χ3n) is 5.61. The van der Waals surface area contributed by atoms with Crippen molar-refractivity contribution in [2.75, 3.05) is 5.32 Å². The van der Waals surface area contributed by atoms with Crippen molar-refractivity contribution in [2.24, 2.45) is 5.73 Å². The van der Waals surface area contributed by atoms with Crippen LogP contribution in [0.25, 0.3) is 28.0 Å². The van der Waals surface area contributed by atoms with Gasteiger partial charge in [0.05, 0.1) is 10.9 Å². The van der Waals surface area contributed by atoms with Crippen LogP contribution < -0.4 is 11.1 Å². The Morgan fingerprint density at radius 3 is 2.69 bits per heavy atom. The van der Waals surface area contributed by atoms with E-state index < -0.39 is 17.6 Å². The fourth-order valence-corrected chi connectivity index (χ4v) is 3.84. The number of alkyl halides is 3. The lowest BCUT2D eigenvalue weighted by Gasteiger charge is -2.15. The summed E-state index contributed by atoms with van der Waals surface area (Å²) in [5.41, 5.74) is 7.24. The van der Waals surface area contributed by atoms with Gasteiger partial charge in [-0.3, -0.25) is 9.36 Å². The second-order valence-electron chi connectivity index (χ2n) is 7.84. The third kappa shape index (κ3) is 4.07. The average Bonchev–Trinajstić information content (AvgIpc) is 3.49. The number of imidazole rings is 1. The highest BCUT2D eigenvalue weighted by molar-refractivity contribution is 6.00. The molecule has 0 aliphatic rings. The predicted molar refractivity (Wildman–Crippen MR) is 124 cm³/mol. The number of nitrogens with two attached hydrogens (primary N) is 1. The molecule has 176 valence electrons. The van der Waals surface area contributed by atoms with Gasteiger partial charge in [-0.15, -0.1) is 0 Å². The first kappa shape index (κ1) is 22.1. The summed E-state index contributed by atoms with van der Waals surface area (Å²) in [7, 11) is 0. The molecule has 0 saturated carbocycles. The van der Waals surface area contributed by atoms with Gasteiger partial charge in [0, 0.05) is 29.8 Å². The van der Waals surface area contributed by atoms with Gasteiger partial charge >= 0.3 is 6.18 Å². The highest BCUT2D eigenvalue weighted by atomic mass is 19.4. The maximum absolute atomic E-state index is 13.2. The van der Waals surface area contributed by atoms with Crippen LogP contribution in [0.5, 0.6) is 0 Å². The van der Waals surface area contributed by atoms with Crippen LogP contribution in [0.2, 0.25) is 0 Å². The monoisotopic (exact) mass is 477 g/mol. The minimum Gasteiger partial charge on any atom is -0.366 e. The van der Waals surface area contributed by atoms with E-state index >= 15 is 0 Å². The van der Waals surface area contributed by atoms with E-state index in [0.29, 0.717) is 34.2 Å². The van der Waals surface area contributed by atoms with E-state index in [1.54, 1.807) is 41.4 Å². The fraction of sp³-hybridized carbons (Fsp3) is 0.0833. The molecule has 5 aromatic rings. The fourth-order valence-electron chi connectivity index (χ4n) is 3.84. The number of carbonyl (C=O) groups excluding carboxylic acids is 1. The summed E-state index contributed by atoms with van der Waals surface area (Å²) in [5.74, 6) is 0.133. The van der Waals surface area contributed by atoms with E-state index in [9.17, 15) is 18.0 Å². The van der Waals surface area contributed by atoms with Gasteiger partial charge in [0.2, 0.25) is 11.9 Å². The molecule has 0 atom stereocenters. The number of aromatic amines is 1. The van der Waals surface area contributed by atoms with Gasteiger partial charge in [0.25, 0.3) is 0 Å². The molecule has 0 aliphatic carbocycles. The van der Waals surface area contributed by atoms with E-state index in [0.717, 1.165) is 23.1 Å². The van der Waals surface area contributed by atoms with E-state index in [-0.39, 0.29) is 5.56 Å². The van der Waals surface area contributed by atoms with Gasteiger partial charge in [0.1, 0.15) is 12.0 Å². The summed E-state index contributed by atoms with van der Waals surface area (Å²) in [4.78, 5) is 28.0. The number of benzene rings is 2. The summed E-state index contributed by atoms with van der Waals surface area (Å²) in [6.45, 7) is 1.87. The second kappa shape index (κ2) is 8.28. The number of fused-ring (bicyclic) bond motifs is 1. The van der Waals surface area contributed by atoms with Crippen molar-refractivity contribution in [3.8, 4) is 16.9 Å². The van der Waals surface area contributed by atoms with Gasteiger partial charge in [-0.25, -0.2) is 15.0 Å². The van der Waals surface area contributed by atoms with Crippen LogP contribution in [-0.2, 0) is 6.18 Å². The van der Waals surface area contributed by atoms with Crippen LogP contribution >= 0.6 is 0 Å². The number of H-pyrrole nitrogens is 1. The van der Waals surface area contributed by atoms with Crippen LogP contribution in [0.3, 0.4) is 0 Å². The Balaban J connectivity index is 1.55. The molecule has 0 spiro atoms. The Kier molecular flexibility index (Phi) is 5.24. The number of anilines is 2. The topological polar surface area (TPSA) is 115 Å². The zero-order chi connectivity index (χ0) is 24.7. The number of carbonyl (C=O) groups is 1. The van der Waals surface area contributed by atoms with Gasteiger partial charge < -0.3 is 16.0 Å². The number of nitrogens with one attached hydrogen (secondary N) is 2. The average molecular weight is 477 g/mol. The van der Waals surface area contributed by atoms with Crippen molar-refractivity contribution in [1.29, 1.82) is 0 Å². The first-order chi connectivity index (χ1) is 16.7. The molecule has 11 heteroatoms. The van der Waals surface area contributed by atoms with Crippen molar-refractivity contribution in [2.45, 2.75) is 13.1 Å². The van der Waals surface area contributed by atoms with Crippen molar-refractivity contribution in [1.82, 2.24) is 24.5 Å². The van der Waals surface area contributed by atoms with Gasteiger partial charge in [-0.05, 0) is 47.9 Å². The molecule has 1 amide bonds. The zero-order valence-electron chi connectivity index (χ0n) is 18.3. The summed E-state index contributed by atoms with van der Waals surface area (Å²) < 4.78 is 41.3. The largest absolute Gasteiger partial charge is 0.416 e. The Morgan fingerprint density at radius 2 is 1.91 bits per heavy atom. The maximum Gasteiger partial charge on any atom is 0.416 e. The van der Waals surface area contributed by atoms with Crippen LogP contribution in [0.4, 0.5) is 24.8 Å². The van der Waals surface area contributed by atoms with Crippen molar-refractivity contribution in [3.05, 3.63) is 84.1 Å². The van der Waals surface area contributed by atoms with Gasteiger partial charge in [-0.2, -0.15) is 13.2 Å². The number of amides is 1. The summed E-state index contributed by atoms with van der Waals surface area (Å²) in [6.07, 6.45) is 1.98. The summed E-state index contributed by atoms with van der Waals surface area (Å²) >= 11 is 0. The van der Waals surface area contributed by atoms with Crippen LogP contribution in [0.1, 0.15) is 21.5 Å². The molecule has 4 N–H and O–H groups in total. The molecule has 3 heterocycles. The van der Waals surface area contributed by atoms with Crippen LogP contribution in [-0.4, -0.2) is 30.4 Å². The SMILES string of the molecule is Cc1ccc(-c2ccc(C(F)(F)F)cc2C(N)=O)cc1Nc1nccn1-c1ncnc2[nH]ccc12. The number of hydrogen-bond donors (Lipinski definition) is 3. The standard InChI is InChI=1S/C24H18F3N7O/c1-13-2-3-14(16-5-4-15(24(25,26)27)11-18(16)20(28)35)10-19(13)33-23-30-8-9-34(23)22-17-6-7-29-21(17)31-12-32-22/h2-12H,1H3,(H2,28,35)(H,30,33)(H,29,31,32).